The van der Waals surface area contributed by atoms with Crippen LogP contribution in [0.5, 0.6) is 0 Å². The summed E-state index contributed by atoms with van der Waals surface area (Å²) in [5.74, 6) is -1.93. The van der Waals surface area contributed by atoms with Crippen LogP contribution in [-0.2, 0) is 0 Å². The third-order valence-corrected chi connectivity index (χ3v) is 3.35. The molecular formula is C9H4Cl2FNO2S. The average molecular weight is 280 g/mol. The van der Waals surface area contributed by atoms with Gasteiger partial charge in [0.2, 0.25) is 0 Å². The minimum Gasteiger partial charge on any atom is -0.266 e. The molecule has 0 aromatic heterocycles. The molecule has 1 aliphatic rings. The average Bonchev–Trinajstić information content (AvgIpc) is 2.44. The first-order valence-electron chi connectivity index (χ1n) is 4.14. The van der Waals surface area contributed by atoms with Crippen molar-refractivity contribution in [2.75, 3.05) is 0 Å². The van der Waals surface area contributed by atoms with E-state index >= 15 is 0 Å². The molecule has 0 N–H and O–H groups in total. The number of imide groups is 1. The number of rotatable bonds is 2. The Morgan fingerprint density at radius 3 is 2.56 bits per heavy atom. The fourth-order valence-electron chi connectivity index (χ4n) is 1.42. The van der Waals surface area contributed by atoms with Crippen LogP contribution in [0, 0.1) is 0 Å². The number of fused-ring (bicyclic) bond motifs is 1. The third kappa shape index (κ3) is 1.79. The van der Waals surface area contributed by atoms with Gasteiger partial charge in [0.05, 0.1) is 11.1 Å². The summed E-state index contributed by atoms with van der Waals surface area (Å²) in [7, 11) is 0. The molecule has 0 saturated heterocycles. The number of carbonyl (C=O) groups is 2. The van der Waals surface area contributed by atoms with Gasteiger partial charge in [0.25, 0.3) is 11.8 Å². The molecule has 0 aliphatic carbocycles. The molecule has 0 bridgehead atoms. The fraction of sp³-hybridized carbons (Fsp3) is 0.111. The van der Waals surface area contributed by atoms with Gasteiger partial charge in [0.15, 0.2) is 4.17 Å². The lowest BCUT2D eigenvalue weighted by Gasteiger charge is -2.05. The monoisotopic (exact) mass is 279 g/mol. The molecule has 2 amide bonds. The van der Waals surface area contributed by atoms with Gasteiger partial charge in [-0.1, -0.05) is 45.5 Å². The van der Waals surface area contributed by atoms with E-state index in [1.807, 2.05) is 0 Å². The van der Waals surface area contributed by atoms with Crippen LogP contribution in [0.15, 0.2) is 23.1 Å². The molecule has 1 aromatic rings. The first-order chi connectivity index (χ1) is 7.52. The molecular weight excluding hydrogens is 276 g/mol. The predicted molar refractivity (Wildman–Crippen MR) is 59.4 cm³/mol. The van der Waals surface area contributed by atoms with Crippen molar-refractivity contribution in [3.05, 3.63) is 29.3 Å². The van der Waals surface area contributed by atoms with Gasteiger partial charge < -0.3 is 0 Å². The van der Waals surface area contributed by atoms with Crippen LogP contribution in [-0.4, -0.2) is 21.1 Å². The summed E-state index contributed by atoms with van der Waals surface area (Å²) in [6, 6.07) is 4.49. The molecule has 2 rings (SSSR count). The molecule has 0 saturated carbocycles. The molecule has 3 nitrogen and oxygen atoms in total. The first-order valence-corrected chi connectivity index (χ1v) is 5.90. The molecule has 0 fully saturated rings. The van der Waals surface area contributed by atoms with Crippen LogP contribution in [0.25, 0.3) is 0 Å². The van der Waals surface area contributed by atoms with Crippen LogP contribution in [0.1, 0.15) is 20.7 Å². The molecule has 7 heteroatoms. The molecule has 84 valence electrons. The molecule has 0 radical (unpaired) electrons. The maximum absolute atomic E-state index is 13.1. The summed E-state index contributed by atoms with van der Waals surface area (Å²) >= 11 is 12.1. The van der Waals surface area contributed by atoms with Crippen molar-refractivity contribution >= 4 is 46.8 Å². The molecule has 1 aliphatic heterocycles. The van der Waals surface area contributed by atoms with E-state index in [0.717, 1.165) is 11.8 Å². The number of halogens is 3. The van der Waals surface area contributed by atoms with Crippen LogP contribution in [0.4, 0.5) is 4.48 Å². The van der Waals surface area contributed by atoms with E-state index in [2.05, 4.69) is 0 Å². The van der Waals surface area contributed by atoms with Gasteiger partial charge in [0.1, 0.15) is 0 Å². The molecule has 1 heterocycles. The summed E-state index contributed by atoms with van der Waals surface area (Å²) in [5.41, 5.74) is 0.0535. The van der Waals surface area contributed by atoms with E-state index in [0.29, 0.717) is 4.90 Å². The van der Waals surface area contributed by atoms with Crippen LogP contribution in [0.3, 0.4) is 0 Å². The highest BCUT2D eigenvalue weighted by Crippen LogP contribution is 2.36. The molecule has 0 unspecified atom stereocenters. The van der Waals surface area contributed by atoms with Crippen LogP contribution >= 0.6 is 35.0 Å². The van der Waals surface area contributed by atoms with E-state index in [1.54, 1.807) is 12.1 Å². The minimum absolute atomic E-state index is 0.0197. The highest BCUT2D eigenvalue weighted by atomic mass is 35.5. The van der Waals surface area contributed by atoms with Crippen molar-refractivity contribution in [1.29, 1.82) is 0 Å². The van der Waals surface area contributed by atoms with Crippen molar-refractivity contribution in [2.24, 2.45) is 0 Å². The number of hydrogen-bond donors (Lipinski definition) is 0. The maximum atomic E-state index is 13.1. The van der Waals surface area contributed by atoms with Crippen LogP contribution < -0.4 is 0 Å². The Morgan fingerprint density at radius 2 is 1.94 bits per heavy atom. The summed E-state index contributed by atoms with van der Waals surface area (Å²) in [6.45, 7) is 0. The Hall–Kier alpha value is -0.780. The highest BCUT2D eigenvalue weighted by Gasteiger charge is 2.38. The van der Waals surface area contributed by atoms with E-state index in [4.69, 9.17) is 23.2 Å². The Morgan fingerprint density at radius 1 is 1.25 bits per heavy atom. The lowest BCUT2D eigenvalue weighted by atomic mass is 10.1. The van der Waals surface area contributed by atoms with Gasteiger partial charge in [-0.05, 0) is 12.1 Å². The Balaban J connectivity index is 2.53. The Labute approximate surface area is 104 Å². The second kappa shape index (κ2) is 4.24. The quantitative estimate of drug-likeness (QED) is 0.361. The molecule has 16 heavy (non-hydrogen) atoms. The van der Waals surface area contributed by atoms with Gasteiger partial charge in [-0.15, -0.1) is 5.12 Å². The van der Waals surface area contributed by atoms with Crippen LogP contribution in [0.2, 0.25) is 0 Å². The molecule has 1 aromatic carbocycles. The standard InChI is InChI=1S/C9H4Cl2FNO2S/c10-9(11)16-5-3-1-2-4-6(5)8(15)13(12)7(4)14/h1-3,9H. The lowest BCUT2D eigenvalue weighted by Crippen LogP contribution is -2.19. The first kappa shape index (κ1) is 11.7. The van der Waals surface area contributed by atoms with Gasteiger partial charge >= 0.3 is 0 Å². The zero-order valence-corrected chi connectivity index (χ0v) is 9.94. The van der Waals surface area contributed by atoms with E-state index in [-0.39, 0.29) is 11.1 Å². The summed E-state index contributed by atoms with van der Waals surface area (Å²) in [5, 5.41) is -0.411. The van der Waals surface area contributed by atoms with E-state index in [1.165, 1.54) is 6.07 Å². The summed E-state index contributed by atoms with van der Waals surface area (Å²) in [6.07, 6.45) is 0. The Bertz CT molecular complexity index is 481. The number of hydrogen-bond acceptors (Lipinski definition) is 3. The number of carbonyl (C=O) groups excluding carboxylic acids is 2. The number of benzene rings is 1. The van der Waals surface area contributed by atoms with Crippen molar-refractivity contribution in [2.45, 2.75) is 9.06 Å². The predicted octanol–water partition coefficient (Wildman–Crippen LogP) is 3.02. The van der Waals surface area contributed by atoms with Crippen molar-refractivity contribution in [3.8, 4) is 0 Å². The van der Waals surface area contributed by atoms with Crippen molar-refractivity contribution in [1.82, 2.24) is 5.12 Å². The largest absolute Gasteiger partial charge is 0.291 e. The summed E-state index contributed by atoms with van der Waals surface area (Å²) < 4.78 is 12.3. The molecule has 0 spiro atoms. The fourth-order valence-corrected chi connectivity index (χ4v) is 2.66. The van der Waals surface area contributed by atoms with E-state index < -0.39 is 21.1 Å². The van der Waals surface area contributed by atoms with Gasteiger partial charge in [0, 0.05) is 4.90 Å². The van der Waals surface area contributed by atoms with E-state index in [9.17, 15) is 14.1 Å². The second-order valence-corrected chi connectivity index (χ2v) is 5.71. The smallest absolute Gasteiger partial charge is 0.266 e. The summed E-state index contributed by atoms with van der Waals surface area (Å²) in [4.78, 5) is 23.1. The zero-order valence-electron chi connectivity index (χ0n) is 7.62. The lowest BCUT2D eigenvalue weighted by molar-refractivity contribution is 0.0228. The Kier molecular flexibility index (Phi) is 3.10. The normalized spacial score (nSPS) is 14.9. The topological polar surface area (TPSA) is 37.4 Å². The van der Waals surface area contributed by atoms with Crippen molar-refractivity contribution < 1.29 is 14.1 Å². The number of nitrogens with zero attached hydrogens (tertiary/aromatic N) is 1. The van der Waals surface area contributed by atoms with Gasteiger partial charge in [-0.2, -0.15) is 0 Å². The molecule has 0 atom stereocenters. The zero-order chi connectivity index (χ0) is 11.9. The SMILES string of the molecule is O=C1c2cccc(SC(Cl)Cl)c2C(=O)N1F. The maximum Gasteiger partial charge on any atom is 0.291 e. The second-order valence-electron chi connectivity index (χ2n) is 2.95. The number of alkyl halides is 2. The highest BCUT2D eigenvalue weighted by molar-refractivity contribution is 8.02. The number of thioether (sulfide) groups is 1. The third-order valence-electron chi connectivity index (χ3n) is 2.04. The van der Waals surface area contributed by atoms with Crippen molar-refractivity contribution in [3.63, 3.8) is 0 Å². The van der Waals surface area contributed by atoms with Gasteiger partial charge in [-0.3, -0.25) is 9.59 Å². The minimum atomic E-state index is -0.975. The number of amides is 2. The van der Waals surface area contributed by atoms with Gasteiger partial charge in [-0.25, -0.2) is 0 Å².